The Morgan fingerprint density at radius 1 is 1.71 bits per heavy atom. The van der Waals surface area contributed by atoms with Gasteiger partial charge in [-0.2, -0.15) is 0 Å². The third-order valence-electron chi connectivity index (χ3n) is 1.92. The molecule has 0 aliphatic rings. The summed E-state index contributed by atoms with van der Waals surface area (Å²) in [6, 6.07) is 1.77. The van der Waals surface area contributed by atoms with Gasteiger partial charge in [-0.05, 0) is 20.8 Å². The lowest BCUT2D eigenvalue weighted by molar-refractivity contribution is -0.143. The first kappa shape index (κ1) is 10.7. The number of rotatable bonds is 4. The van der Waals surface area contributed by atoms with Crippen molar-refractivity contribution >= 4 is 5.97 Å². The molecule has 0 aliphatic heterocycles. The fourth-order valence-electron chi connectivity index (χ4n) is 0.883. The zero-order valence-corrected chi connectivity index (χ0v) is 8.50. The average Bonchev–Trinajstić information content (AvgIpc) is 2.48. The molecule has 0 amide bonds. The molecule has 1 rings (SSSR count). The van der Waals surface area contributed by atoms with E-state index in [-0.39, 0.29) is 0 Å². The van der Waals surface area contributed by atoms with Crippen LogP contribution >= 0.6 is 0 Å². The summed E-state index contributed by atoms with van der Waals surface area (Å²) in [5.41, 5.74) is -0.171. The molecule has 0 spiro atoms. The second kappa shape index (κ2) is 3.79. The van der Waals surface area contributed by atoms with E-state index in [0.29, 0.717) is 12.3 Å². The first-order valence-corrected chi connectivity index (χ1v) is 4.32. The largest absolute Gasteiger partial charge is 0.480 e. The van der Waals surface area contributed by atoms with Crippen molar-refractivity contribution in [1.29, 1.82) is 0 Å². The highest BCUT2D eigenvalue weighted by molar-refractivity contribution is 5.77. The summed E-state index contributed by atoms with van der Waals surface area (Å²) in [7, 11) is 0. The molecule has 78 valence electrons. The Hall–Kier alpha value is -1.36. The minimum atomic E-state index is -0.958. The number of nitrogens with one attached hydrogen (secondary N) is 1. The van der Waals surface area contributed by atoms with Gasteiger partial charge < -0.3 is 9.63 Å². The van der Waals surface area contributed by atoms with Crippen molar-refractivity contribution in [3.8, 4) is 0 Å². The molecule has 0 fully saturated rings. The number of aromatic nitrogens is 1. The van der Waals surface area contributed by atoms with E-state index in [2.05, 4.69) is 10.5 Å². The van der Waals surface area contributed by atoms with Crippen molar-refractivity contribution < 1.29 is 14.4 Å². The van der Waals surface area contributed by atoms with Gasteiger partial charge in [0.2, 0.25) is 0 Å². The van der Waals surface area contributed by atoms with Crippen molar-refractivity contribution in [1.82, 2.24) is 10.5 Å². The molecule has 1 heterocycles. The Bertz CT molecular complexity index is 331. The Kier molecular flexibility index (Phi) is 2.90. The van der Waals surface area contributed by atoms with E-state index < -0.39 is 11.5 Å². The van der Waals surface area contributed by atoms with Crippen molar-refractivity contribution in [3.63, 3.8) is 0 Å². The van der Waals surface area contributed by atoms with Crippen LogP contribution in [0, 0.1) is 6.92 Å². The smallest absolute Gasteiger partial charge is 0.323 e. The molecule has 0 aromatic carbocycles. The summed E-state index contributed by atoms with van der Waals surface area (Å²) in [6.45, 7) is 5.37. The SMILES string of the molecule is Cc1cc(CNC(C)(C)C(=O)O)on1. The molecule has 5 nitrogen and oxygen atoms in total. The first-order valence-electron chi connectivity index (χ1n) is 4.32. The first-order chi connectivity index (χ1) is 6.42. The molecule has 0 bridgehead atoms. The molecular formula is C9H14N2O3. The fourth-order valence-corrected chi connectivity index (χ4v) is 0.883. The maximum atomic E-state index is 10.7. The molecule has 1 aromatic heterocycles. The zero-order chi connectivity index (χ0) is 10.8. The van der Waals surface area contributed by atoms with Crippen LogP contribution in [-0.4, -0.2) is 21.8 Å². The van der Waals surface area contributed by atoms with Crippen molar-refractivity contribution in [2.24, 2.45) is 0 Å². The average molecular weight is 198 g/mol. The van der Waals surface area contributed by atoms with E-state index in [1.165, 1.54) is 0 Å². The number of hydrogen-bond donors (Lipinski definition) is 2. The van der Waals surface area contributed by atoms with Crippen molar-refractivity contribution in [2.45, 2.75) is 32.9 Å². The summed E-state index contributed by atoms with van der Waals surface area (Å²) < 4.78 is 4.93. The fraction of sp³-hybridized carbons (Fsp3) is 0.556. The lowest BCUT2D eigenvalue weighted by Gasteiger charge is -2.19. The Labute approximate surface area is 82.1 Å². The molecule has 5 heteroatoms. The van der Waals surface area contributed by atoms with E-state index in [1.807, 2.05) is 6.92 Å². The highest BCUT2D eigenvalue weighted by atomic mass is 16.5. The molecule has 0 unspecified atom stereocenters. The number of nitrogens with zero attached hydrogens (tertiary/aromatic N) is 1. The topological polar surface area (TPSA) is 75.4 Å². The van der Waals surface area contributed by atoms with Gasteiger partial charge in [0.1, 0.15) is 5.54 Å². The summed E-state index contributed by atoms with van der Waals surface area (Å²) in [5.74, 6) is -0.259. The number of hydrogen-bond acceptors (Lipinski definition) is 4. The van der Waals surface area contributed by atoms with E-state index in [4.69, 9.17) is 9.63 Å². The molecule has 1 aromatic rings. The number of aliphatic carboxylic acids is 1. The molecule has 0 radical (unpaired) electrons. The predicted molar refractivity (Wildman–Crippen MR) is 49.8 cm³/mol. The quantitative estimate of drug-likeness (QED) is 0.752. The Balaban J connectivity index is 2.52. The molecule has 0 atom stereocenters. The van der Waals surface area contributed by atoms with E-state index >= 15 is 0 Å². The second-order valence-electron chi connectivity index (χ2n) is 3.72. The number of carboxylic acids is 1. The maximum Gasteiger partial charge on any atom is 0.323 e. The molecule has 14 heavy (non-hydrogen) atoms. The lowest BCUT2D eigenvalue weighted by atomic mass is 10.1. The monoisotopic (exact) mass is 198 g/mol. The van der Waals surface area contributed by atoms with Gasteiger partial charge in [0.25, 0.3) is 0 Å². The van der Waals surface area contributed by atoms with E-state index in [9.17, 15) is 4.79 Å². The van der Waals surface area contributed by atoms with Crippen LogP contribution in [-0.2, 0) is 11.3 Å². The van der Waals surface area contributed by atoms with Gasteiger partial charge in [0, 0.05) is 6.07 Å². The Morgan fingerprint density at radius 3 is 2.79 bits per heavy atom. The van der Waals surface area contributed by atoms with Gasteiger partial charge in [-0.15, -0.1) is 0 Å². The van der Waals surface area contributed by atoms with Gasteiger partial charge in [0.15, 0.2) is 5.76 Å². The minimum Gasteiger partial charge on any atom is -0.480 e. The van der Waals surface area contributed by atoms with Crippen LogP contribution in [0.1, 0.15) is 25.3 Å². The standard InChI is InChI=1S/C9H14N2O3/c1-6-4-7(14-11-6)5-10-9(2,3)8(12)13/h4,10H,5H2,1-3H3,(H,12,13). The highest BCUT2D eigenvalue weighted by Crippen LogP contribution is 2.06. The third kappa shape index (κ3) is 2.56. The molecule has 0 aliphatic carbocycles. The van der Waals surface area contributed by atoms with Crippen molar-refractivity contribution in [2.75, 3.05) is 0 Å². The van der Waals surface area contributed by atoms with Crippen LogP contribution < -0.4 is 5.32 Å². The van der Waals surface area contributed by atoms with E-state index in [0.717, 1.165) is 5.69 Å². The number of carbonyl (C=O) groups is 1. The van der Waals surface area contributed by atoms with Crippen LogP contribution in [0.25, 0.3) is 0 Å². The normalized spacial score (nSPS) is 11.6. The molecule has 0 saturated carbocycles. The van der Waals surface area contributed by atoms with Crippen LogP contribution in [0.2, 0.25) is 0 Å². The predicted octanol–water partition coefficient (Wildman–Crippen LogP) is 0.936. The van der Waals surface area contributed by atoms with Gasteiger partial charge in [-0.1, -0.05) is 5.16 Å². The maximum absolute atomic E-state index is 10.7. The number of aryl methyl sites for hydroxylation is 1. The van der Waals surface area contributed by atoms with Gasteiger partial charge in [-0.25, -0.2) is 0 Å². The summed E-state index contributed by atoms with van der Waals surface area (Å²) >= 11 is 0. The summed E-state index contributed by atoms with van der Waals surface area (Å²) in [4.78, 5) is 10.7. The molecule has 2 N–H and O–H groups in total. The van der Waals surface area contributed by atoms with Gasteiger partial charge >= 0.3 is 5.97 Å². The van der Waals surface area contributed by atoms with Crippen LogP contribution in [0.4, 0.5) is 0 Å². The lowest BCUT2D eigenvalue weighted by Crippen LogP contribution is -2.46. The van der Waals surface area contributed by atoms with Crippen LogP contribution in [0.3, 0.4) is 0 Å². The van der Waals surface area contributed by atoms with E-state index in [1.54, 1.807) is 19.9 Å². The highest BCUT2D eigenvalue weighted by Gasteiger charge is 2.26. The minimum absolute atomic E-state index is 0.361. The summed E-state index contributed by atoms with van der Waals surface area (Å²) in [5, 5.41) is 15.4. The third-order valence-corrected chi connectivity index (χ3v) is 1.92. The number of carboxylic acid groups (broad SMARTS) is 1. The van der Waals surface area contributed by atoms with Crippen LogP contribution in [0.5, 0.6) is 0 Å². The van der Waals surface area contributed by atoms with Gasteiger partial charge in [0.05, 0.1) is 12.2 Å². The van der Waals surface area contributed by atoms with Crippen molar-refractivity contribution in [3.05, 3.63) is 17.5 Å². The summed E-state index contributed by atoms with van der Waals surface area (Å²) in [6.07, 6.45) is 0. The molecular weight excluding hydrogens is 184 g/mol. The Morgan fingerprint density at radius 2 is 2.36 bits per heavy atom. The molecule has 0 saturated heterocycles. The zero-order valence-electron chi connectivity index (χ0n) is 8.50. The van der Waals surface area contributed by atoms with Gasteiger partial charge in [-0.3, -0.25) is 10.1 Å². The van der Waals surface area contributed by atoms with Crippen LogP contribution in [0.15, 0.2) is 10.6 Å². The second-order valence-corrected chi connectivity index (χ2v) is 3.72.